The molecule has 0 aliphatic rings. The average Bonchev–Trinajstić information content (AvgIpc) is 2.64. The lowest BCUT2D eigenvalue weighted by molar-refractivity contribution is -0.123. The Morgan fingerprint density at radius 3 is 2.15 bits per heavy atom. The first kappa shape index (κ1) is 22.2. The Balaban J connectivity index is 2.52. The number of carbonyl (C=O) groups excluding carboxylic acids is 2. The van der Waals surface area contributed by atoms with Crippen molar-refractivity contribution in [3.63, 3.8) is 0 Å². The van der Waals surface area contributed by atoms with Crippen molar-refractivity contribution in [3.05, 3.63) is 35.4 Å². The minimum absolute atomic E-state index is 0.0583. The summed E-state index contributed by atoms with van der Waals surface area (Å²) in [6.45, 7) is 7.01. The minimum atomic E-state index is -0.453. The van der Waals surface area contributed by atoms with E-state index in [1.807, 2.05) is 19.1 Å². The van der Waals surface area contributed by atoms with Gasteiger partial charge in [0.25, 0.3) is 5.91 Å². The van der Waals surface area contributed by atoms with Gasteiger partial charge in [-0.15, -0.1) is 0 Å². The van der Waals surface area contributed by atoms with Gasteiger partial charge in [-0.3, -0.25) is 9.59 Å². The summed E-state index contributed by atoms with van der Waals surface area (Å²) in [7, 11) is 0. The van der Waals surface area contributed by atoms with Crippen LogP contribution in [0.2, 0.25) is 0 Å². The molecule has 0 bridgehead atoms. The van der Waals surface area contributed by atoms with E-state index < -0.39 is 6.04 Å². The van der Waals surface area contributed by atoms with Gasteiger partial charge in [-0.2, -0.15) is 0 Å². The van der Waals surface area contributed by atoms with Gasteiger partial charge < -0.3 is 10.6 Å². The average molecular weight is 361 g/mol. The SMILES string of the molecule is CCCCCCCNC(=O)C(CCCCC)NC(=O)c1ccc(C)cc1. The zero-order chi connectivity index (χ0) is 19.2. The van der Waals surface area contributed by atoms with E-state index in [1.54, 1.807) is 12.1 Å². The number of benzene rings is 1. The third-order valence-electron chi connectivity index (χ3n) is 4.61. The number of hydrogen-bond acceptors (Lipinski definition) is 2. The van der Waals surface area contributed by atoms with Crippen LogP contribution in [0.15, 0.2) is 24.3 Å². The van der Waals surface area contributed by atoms with Gasteiger partial charge in [0.2, 0.25) is 5.91 Å². The molecule has 1 atom stereocenters. The fraction of sp³-hybridized carbons (Fsp3) is 0.636. The van der Waals surface area contributed by atoms with E-state index in [0.717, 1.165) is 37.7 Å². The van der Waals surface area contributed by atoms with Crippen LogP contribution < -0.4 is 10.6 Å². The second kappa shape index (κ2) is 13.4. The standard InChI is InChI=1S/C22H36N2O2/c1-4-6-8-9-11-17-23-22(26)20(12-10-7-5-2)24-21(25)19-15-13-18(3)14-16-19/h13-16,20H,4-12,17H2,1-3H3,(H,23,26)(H,24,25). The maximum atomic E-state index is 12.5. The summed E-state index contributed by atoms with van der Waals surface area (Å²) in [5, 5.41) is 5.92. The summed E-state index contributed by atoms with van der Waals surface area (Å²) in [5.74, 6) is -0.235. The van der Waals surface area contributed by atoms with Crippen LogP contribution in [0.25, 0.3) is 0 Å². The van der Waals surface area contributed by atoms with Gasteiger partial charge in [0, 0.05) is 12.1 Å². The molecule has 4 nitrogen and oxygen atoms in total. The third-order valence-corrected chi connectivity index (χ3v) is 4.61. The molecular weight excluding hydrogens is 324 g/mol. The Bertz CT molecular complexity index is 525. The Labute approximate surface area is 159 Å². The second-order valence-electron chi connectivity index (χ2n) is 7.09. The normalized spacial score (nSPS) is 11.8. The zero-order valence-corrected chi connectivity index (χ0v) is 16.8. The number of hydrogen-bond donors (Lipinski definition) is 2. The fourth-order valence-corrected chi connectivity index (χ4v) is 2.88. The molecule has 1 aromatic carbocycles. The van der Waals surface area contributed by atoms with Crippen molar-refractivity contribution in [2.24, 2.45) is 0 Å². The quantitative estimate of drug-likeness (QED) is 0.498. The maximum absolute atomic E-state index is 12.5. The van der Waals surface area contributed by atoms with Gasteiger partial charge in [0.1, 0.15) is 6.04 Å². The first-order valence-corrected chi connectivity index (χ1v) is 10.2. The van der Waals surface area contributed by atoms with Gasteiger partial charge in [-0.25, -0.2) is 0 Å². The molecule has 0 spiro atoms. The van der Waals surface area contributed by atoms with Crippen LogP contribution in [0, 0.1) is 6.92 Å². The summed E-state index contributed by atoms with van der Waals surface area (Å²) in [4.78, 5) is 25.0. The number of unbranched alkanes of at least 4 members (excludes halogenated alkanes) is 6. The lowest BCUT2D eigenvalue weighted by Gasteiger charge is -2.18. The minimum Gasteiger partial charge on any atom is -0.354 e. The molecule has 4 heteroatoms. The van der Waals surface area contributed by atoms with E-state index in [1.165, 1.54) is 19.3 Å². The number of aryl methyl sites for hydroxylation is 1. The number of carbonyl (C=O) groups is 2. The van der Waals surface area contributed by atoms with Gasteiger partial charge in [-0.1, -0.05) is 76.5 Å². The molecule has 0 aromatic heterocycles. The largest absolute Gasteiger partial charge is 0.354 e. The molecule has 2 amide bonds. The predicted molar refractivity (Wildman–Crippen MR) is 108 cm³/mol. The zero-order valence-electron chi connectivity index (χ0n) is 16.8. The van der Waals surface area contributed by atoms with Crippen LogP contribution in [-0.2, 0) is 4.79 Å². The second-order valence-corrected chi connectivity index (χ2v) is 7.09. The van der Waals surface area contributed by atoms with Gasteiger partial charge in [-0.05, 0) is 31.9 Å². The monoisotopic (exact) mass is 360 g/mol. The molecule has 146 valence electrons. The van der Waals surface area contributed by atoms with E-state index >= 15 is 0 Å². The highest BCUT2D eigenvalue weighted by Crippen LogP contribution is 2.08. The molecular formula is C22H36N2O2. The summed E-state index contributed by atoms with van der Waals surface area (Å²) >= 11 is 0. The van der Waals surface area contributed by atoms with E-state index in [-0.39, 0.29) is 11.8 Å². The van der Waals surface area contributed by atoms with E-state index in [4.69, 9.17) is 0 Å². The molecule has 0 aliphatic carbocycles. The number of amides is 2. The summed E-state index contributed by atoms with van der Waals surface area (Å²) in [5.41, 5.74) is 1.71. The molecule has 0 aliphatic heterocycles. The highest BCUT2D eigenvalue weighted by atomic mass is 16.2. The molecule has 2 N–H and O–H groups in total. The Kier molecular flexibility index (Phi) is 11.4. The Hall–Kier alpha value is -1.84. The topological polar surface area (TPSA) is 58.2 Å². The molecule has 0 fully saturated rings. The molecule has 0 saturated heterocycles. The Morgan fingerprint density at radius 1 is 0.885 bits per heavy atom. The summed E-state index contributed by atoms with van der Waals surface area (Å²) < 4.78 is 0. The van der Waals surface area contributed by atoms with Crippen molar-refractivity contribution in [1.29, 1.82) is 0 Å². The first-order valence-electron chi connectivity index (χ1n) is 10.2. The van der Waals surface area contributed by atoms with E-state index in [9.17, 15) is 9.59 Å². The highest BCUT2D eigenvalue weighted by molar-refractivity contribution is 5.97. The summed E-state index contributed by atoms with van der Waals surface area (Å²) in [6.07, 6.45) is 9.63. The van der Waals surface area contributed by atoms with Crippen LogP contribution in [0.3, 0.4) is 0 Å². The molecule has 26 heavy (non-hydrogen) atoms. The van der Waals surface area contributed by atoms with E-state index in [0.29, 0.717) is 18.5 Å². The van der Waals surface area contributed by atoms with Crippen molar-refractivity contribution < 1.29 is 9.59 Å². The van der Waals surface area contributed by atoms with Crippen molar-refractivity contribution >= 4 is 11.8 Å². The van der Waals surface area contributed by atoms with Gasteiger partial charge in [0.15, 0.2) is 0 Å². The third kappa shape index (κ3) is 9.02. The highest BCUT2D eigenvalue weighted by Gasteiger charge is 2.20. The van der Waals surface area contributed by atoms with Crippen LogP contribution in [0.4, 0.5) is 0 Å². The number of rotatable bonds is 13. The molecule has 1 rings (SSSR count). The van der Waals surface area contributed by atoms with Crippen molar-refractivity contribution in [3.8, 4) is 0 Å². The van der Waals surface area contributed by atoms with Crippen LogP contribution in [0.1, 0.15) is 87.6 Å². The van der Waals surface area contributed by atoms with Gasteiger partial charge in [0.05, 0.1) is 0 Å². The van der Waals surface area contributed by atoms with Crippen molar-refractivity contribution in [2.45, 2.75) is 84.6 Å². The fourth-order valence-electron chi connectivity index (χ4n) is 2.88. The van der Waals surface area contributed by atoms with Crippen LogP contribution in [0.5, 0.6) is 0 Å². The lowest BCUT2D eigenvalue weighted by Crippen LogP contribution is -2.47. The van der Waals surface area contributed by atoms with E-state index in [2.05, 4.69) is 24.5 Å². The maximum Gasteiger partial charge on any atom is 0.251 e. The van der Waals surface area contributed by atoms with Crippen molar-refractivity contribution in [1.82, 2.24) is 10.6 Å². The molecule has 0 radical (unpaired) electrons. The van der Waals surface area contributed by atoms with Crippen LogP contribution in [-0.4, -0.2) is 24.4 Å². The number of nitrogens with one attached hydrogen (secondary N) is 2. The van der Waals surface area contributed by atoms with Crippen molar-refractivity contribution in [2.75, 3.05) is 6.54 Å². The molecule has 1 aromatic rings. The van der Waals surface area contributed by atoms with Gasteiger partial charge >= 0.3 is 0 Å². The molecule has 1 unspecified atom stereocenters. The predicted octanol–water partition coefficient (Wildman–Crippen LogP) is 4.76. The Morgan fingerprint density at radius 2 is 1.50 bits per heavy atom. The van der Waals surface area contributed by atoms with Crippen LogP contribution >= 0.6 is 0 Å². The lowest BCUT2D eigenvalue weighted by atomic mass is 10.1. The first-order chi connectivity index (χ1) is 12.6. The summed E-state index contributed by atoms with van der Waals surface area (Å²) in [6, 6.07) is 6.99. The molecule has 0 saturated carbocycles. The smallest absolute Gasteiger partial charge is 0.251 e. The molecule has 0 heterocycles.